The molecule has 1 aliphatic heterocycles. The number of rotatable bonds is 2. The average Bonchev–Trinajstić information content (AvgIpc) is 2.67. The quantitative estimate of drug-likeness (QED) is 0.434. The van der Waals surface area contributed by atoms with E-state index in [2.05, 4.69) is 9.88 Å². The molecule has 0 radical (unpaired) electrons. The summed E-state index contributed by atoms with van der Waals surface area (Å²) in [6, 6.07) is 2.01. The van der Waals surface area contributed by atoms with Gasteiger partial charge in [-0.05, 0) is 29.7 Å². The summed E-state index contributed by atoms with van der Waals surface area (Å²) in [6.45, 7) is 0.979. The van der Waals surface area contributed by atoms with Crippen LogP contribution in [0.3, 0.4) is 0 Å². The number of fused-ring (bicyclic) bond motifs is 1. The molecule has 16 heavy (non-hydrogen) atoms. The molecule has 5 nitrogen and oxygen atoms in total. The van der Waals surface area contributed by atoms with Crippen molar-refractivity contribution >= 4 is 17.8 Å². The Bertz CT molecular complexity index is 443. The van der Waals surface area contributed by atoms with E-state index >= 15 is 0 Å². The van der Waals surface area contributed by atoms with Gasteiger partial charge in [0.2, 0.25) is 0 Å². The molecule has 84 valence electrons. The van der Waals surface area contributed by atoms with E-state index in [4.69, 9.17) is 5.21 Å². The zero-order valence-corrected chi connectivity index (χ0v) is 8.97. The standard InChI is InChI=1S/C11H13N3O2/c1-14-5-4-9-6-8(7-12-11(9)14)2-3-10(15)13-16/h2-3,6-7,16H,4-5H2,1H3,(H,13,15)/b3-2+. The van der Waals surface area contributed by atoms with Gasteiger partial charge in [0.25, 0.3) is 5.91 Å². The van der Waals surface area contributed by atoms with Gasteiger partial charge in [0.05, 0.1) is 0 Å². The number of anilines is 1. The van der Waals surface area contributed by atoms with E-state index in [1.54, 1.807) is 17.8 Å². The van der Waals surface area contributed by atoms with Crippen LogP contribution < -0.4 is 10.4 Å². The third kappa shape index (κ3) is 2.04. The molecule has 0 aliphatic carbocycles. The largest absolute Gasteiger partial charge is 0.359 e. The number of pyridine rings is 1. The number of carbonyl (C=O) groups is 1. The zero-order chi connectivity index (χ0) is 11.5. The van der Waals surface area contributed by atoms with Crippen LogP contribution >= 0.6 is 0 Å². The molecule has 1 aromatic heterocycles. The highest BCUT2D eigenvalue weighted by Crippen LogP contribution is 2.24. The molecule has 5 heteroatoms. The lowest BCUT2D eigenvalue weighted by molar-refractivity contribution is -0.124. The van der Waals surface area contributed by atoms with Crippen LogP contribution in [0, 0.1) is 0 Å². The van der Waals surface area contributed by atoms with Crippen molar-refractivity contribution < 1.29 is 10.0 Å². The van der Waals surface area contributed by atoms with Crippen molar-refractivity contribution in [3.05, 3.63) is 29.5 Å². The second-order valence-corrected chi connectivity index (χ2v) is 3.73. The van der Waals surface area contributed by atoms with Gasteiger partial charge in [0, 0.05) is 25.9 Å². The molecule has 1 aliphatic rings. The molecule has 0 saturated heterocycles. The highest BCUT2D eigenvalue weighted by atomic mass is 16.5. The van der Waals surface area contributed by atoms with Crippen molar-refractivity contribution in [2.24, 2.45) is 0 Å². The molecule has 0 atom stereocenters. The van der Waals surface area contributed by atoms with Gasteiger partial charge in [-0.15, -0.1) is 0 Å². The summed E-state index contributed by atoms with van der Waals surface area (Å²) in [5.41, 5.74) is 3.59. The minimum atomic E-state index is -0.544. The van der Waals surface area contributed by atoms with Crippen LogP contribution in [0.25, 0.3) is 6.08 Å². The molecule has 2 heterocycles. The number of amides is 1. The highest BCUT2D eigenvalue weighted by Gasteiger charge is 2.16. The second kappa shape index (κ2) is 4.32. The maximum atomic E-state index is 10.8. The van der Waals surface area contributed by atoms with E-state index in [-0.39, 0.29) is 0 Å². The molecule has 0 saturated carbocycles. The van der Waals surface area contributed by atoms with Gasteiger partial charge in [0.1, 0.15) is 5.82 Å². The maximum absolute atomic E-state index is 10.8. The summed E-state index contributed by atoms with van der Waals surface area (Å²) in [7, 11) is 2.01. The van der Waals surface area contributed by atoms with Crippen molar-refractivity contribution in [2.45, 2.75) is 6.42 Å². The van der Waals surface area contributed by atoms with Gasteiger partial charge in [-0.25, -0.2) is 10.5 Å². The molecular weight excluding hydrogens is 206 g/mol. The molecule has 1 aromatic rings. The van der Waals surface area contributed by atoms with Crippen molar-refractivity contribution in [1.82, 2.24) is 10.5 Å². The Labute approximate surface area is 93.4 Å². The number of hydrogen-bond acceptors (Lipinski definition) is 4. The Kier molecular flexibility index (Phi) is 2.87. The molecule has 0 unspecified atom stereocenters. The van der Waals surface area contributed by atoms with E-state index < -0.39 is 5.91 Å². The van der Waals surface area contributed by atoms with Crippen LogP contribution in [0.5, 0.6) is 0 Å². The number of hydrogen-bond donors (Lipinski definition) is 2. The minimum absolute atomic E-state index is 0.544. The first-order valence-electron chi connectivity index (χ1n) is 5.03. The first-order chi connectivity index (χ1) is 7.70. The fourth-order valence-corrected chi connectivity index (χ4v) is 1.74. The van der Waals surface area contributed by atoms with Crippen LogP contribution in [-0.4, -0.2) is 29.7 Å². The number of aromatic nitrogens is 1. The number of nitrogens with zero attached hydrogens (tertiary/aromatic N) is 2. The van der Waals surface area contributed by atoms with Crippen LogP contribution in [0.1, 0.15) is 11.1 Å². The Morgan fingerprint density at radius 2 is 2.50 bits per heavy atom. The molecule has 1 amide bonds. The predicted molar refractivity (Wildman–Crippen MR) is 60.2 cm³/mol. The monoisotopic (exact) mass is 219 g/mol. The summed E-state index contributed by atoms with van der Waals surface area (Å²) in [4.78, 5) is 17.2. The molecule has 0 bridgehead atoms. The summed E-state index contributed by atoms with van der Waals surface area (Å²) in [5, 5.41) is 8.33. The van der Waals surface area contributed by atoms with Crippen molar-refractivity contribution in [2.75, 3.05) is 18.5 Å². The smallest absolute Gasteiger partial charge is 0.267 e. The lowest BCUT2D eigenvalue weighted by Gasteiger charge is -2.09. The summed E-state index contributed by atoms with van der Waals surface area (Å²) in [6.07, 6.45) is 5.58. The number of carbonyl (C=O) groups excluding carboxylic acids is 1. The van der Waals surface area contributed by atoms with Gasteiger partial charge in [0.15, 0.2) is 0 Å². The Morgan fingerprint density at radius 1 is 1.69 bits per heavy atom. The third-order valence-electron chi connectivity index (χ3n) is 2.58. The van der Waals surface area contributed by atoms with E-state index in [1.807, 2.05) is 13.1 Å². The lowest BCUT2D eigenvalue weighted by atomic mass is 10.1. The van der Waals surface area contributed by atoms with Crippen LogP contribution in [0.2, 0.25) is 0 Å². The first kappa shape index (κ1) is 10.6. The van der Waals surface area contributed by atoms with Crippen molar-refractivity contribution in [3.63, 3.8) is 0 Å². The highest BCUT2D eigenvalue weighted by molar-refractivity contribution is 5.90. The average molecular weight is 219 g/mol. The Morgan fingerprint density at radius 3 is 3.25 bits per heavy atom. The first-order valence-corrected chi connectivity index (χ1v) is 5.03. The number of nitrogens with one attached hydrogen (secondary N) is 1. The SMILES string of the molecule is CN1CCc2cc(/C=C/C(=O)NO)cnc21. The van der Waals surface area contributed by atoms with Gasteiger partial charge in [-0.3, -0.25) is 10.0 Å². The Hall–Kier alpha value is -1.88. The normalized spacial score (nSPS) is 14.2. The molecule has 2 N–H and O–H groups in total. The fraction of sp³-hybridized carbons (Fsp3) is 0.273. The molecule has 0 fully saturated rings. The summed E-state index contributed by atoms with van der Waals surface area (Å²) < 4.78 is 0. The lowest BCUT2D eigenvalue weighted by Crippen LogP contribution is -2.14. The molecular formula is C11H13N3O2. The fourth-order valence-electron chi connectivity index (χ4n) is 1.74. The second-order valence-electron chi connectivity index (χ2n) is 3.73. The number of likely N-dealkylation sites (N-methyl/N-ethyl adjacent to an activating group) is 1. The molecule has 2 rings (SSSR count). The van der Waals surface area contributed by atoms with Crippen LogP contribution in [0.15, 0.2) is 18.3 Å². The van der Waals surface area contributed by atoms with Gasteiger partial charge < -0.3 is 4.90 Å². The minimum Gasteiger partial charge on any atom is -0.359 e. The topological polar surface area (TPSA) is 65.5 Å². The molecule has 0 spiro atoms. The van der Waals surface area contributed by atoms with Crippen molar-refractivity contribution in [3.8, 4) is 0 Å². The molecule has 0 aromatic carbocycles. The van der Waals surface area contributed by atoms with Crippen molar-refractivity contribution in [1.29, 1.82) is 0 Å². The summed E-state index contributed by atoms with van der Waals surface area (Å²) in [5.74, 6) is 0.460. The van der Waals surface area contributed by atoms with E-state index in [0.29, 0.717) is 0 Å². The van der Waals surface area contributed by atoms with E-state index in [0.717, 1.165) is 24.3 Å². The van der Waals surface area contributed by atoms with Gasteiger partial charge >= 0.3 is 0 Å². The van der Waals surface area contributed by atoms with E-state index in [9.17, 15) is 4.79 Å². The third-order valence-corrected chi connectivity index (χ3v) is 2.58. The Balaban J connectivity index is 2.19. The predicted octanol–water partition coefficient (Wildman–Crippen LogP) is 0.592. The van der Waals surface area contributed by atoms with E-state index in [1.165, 1.54) is 11.6 Å². The van der Waals surface area contributed by atoms with Crippen LogP contribution in [0.4, 0.5) is 5.82 Å². The maximum Gasteiger partial charge on any atom is 0.267 e. The zero-order valence-electron chi connectivity index (χ0n) is 8.97. The number of hydroxylamine groups is 1. The summed E-state index contributed by atoms with van der Waals surface area (Å²) >= 11 is 0. The van der Waals surface area contributed by atoms with Gasteiger partial charge in [-0.2, -0.15) is 0 Å². The van der Waals surface area contributed by atoms with Gasteiger partial charge in [-0.1, -0.05) is 0 Å². The van der Waals surface area contributed by atoms with Crippen LogP contribution in [-0.2, 0) is 11.2 Å².